The van der Waals surface area contributed by atoms with Crippen molar-refractivity contribution in [3.8, 4) is 0 Å². The van der Waals surface area contributed by atoms with Gasteiger partial charge in [-0.2, -0.15) is 0 Å². The molecular formula is C18H32N2S. The van der Waals surface area contributed by atoms with Crippen LogP contribution < -0.4 is 5.32 Å². The van der Waals surface area contributed by atoms with Crippen molar-refractivity contribution < 1.29 is 0 Å². The van der Waals surface area contributed by atoms with Gasteiger partial charge >= 0.3 is 0 Å². The minimum atomic E-state index is 0.134. The molecule has 0 saturated heterocycles. The van der Waals surface area contributed by atoms with E-state index in [1.165, 1.54) is 49.2 Å². The number of nitrogens with zero attached hydrogens (tertiary/aromatic N) is 1. The Morgan fingerprint density at radius 2 is 2.10 bits per heavy atom. The number of aryl methyl sites for hydroxylation is 1. The highest BCUT2D eigenvalue weighted by Crippen LogP contribution is 2.44. The van der Waals surface area contributed by atoms with E-state index in [0.29, 0.717) is 5.41 Å². The summed E-state index contributed by atoms with van der Waals surface area (Å²) in [6, 6.07) is 0. The van der Waals surface area contributed by atoms with Crippen molar-refractivity contribution >= 4 is 11.3 Å². The molecule has 3 heteroatoms. The van der Waals surface area contributed by atoms with E-state index in [-0.39, 0.29) is 5.54 Å². The summed E-state index contributed by atoms with van der Waals surface area (Å²) in [4.78, 5) is 4.84. The molecule has 1 heterocycles. The van der Waals surface area contributed by atoms with E-state index in [2.05, 4.69) is 45.3 Å². The van der Waals surface area contributed by atoms with Gasteiger partial charge in [0, 0.05) is 11.1 Å². The maximum atomic E-state index is 4.84. The molecule has 21 heavy (non-hydrogen) atoms. The molecule has 1 aromatic rings. The fraction of sp³-hybridized carbons (Fsp3) is 0.833. The van der Waals surface area contributed by atoms with E-state index in [4.69, 9.17) is 4.98 Å². The normalized spacial score (nSPS) is 27.6. The Kier molecular flexibility index (Phi) is 5.48. The summed E-state index contributed by atoms with van der Waals surface area (Å²) >= 11 is 1.85. The highest BCUT2D eigenvalue weighted by atomic mass is 32.1. The van der Waals surface area contributed by atoms with Crippen molar-refractivity contribution in [1.29, 1.82) is 0 Å². The number of aromatic nitrogens is 1. The third-order valence-corrected chi connectivity index (χ3v) is 6.21. The van der Waals surface area contributed by atoms with Gasteiger partial charge in [-0.15, -0.1) is 11.3 Å². The van der Waals surface area contributed by atoms with Crippen LogP contribution in [0.2, 0.25) is 0 Å². The Bertz CT molecular complexity index is 446. The van der Waals surface area contributed by atoms with Crippen LogP contribution in [0.4, 0.5) is 0 Å². The zero-order valence-corrected chi connectivity index (χ0v) is 15.3. The van der Waals surface area contributed by atoms with Crippen molar-refractivity contribution in [3.63, 3.8) is 0 Å². The topological polar surface area (TPSA) is 24.9 Å². The summed E-state index contributed by atoms with van der Waals surface area (Å²) in [6.45, 7) is 12.7. The van der Waals surface area contributed by atoms with E-state index in [0.717, 1.165) is 12.5 Å². The van der Waals surface area contributed by atoms with Gasteiger partial charge in [-0.25, -0.2) is 4.98 Å². The number of nitrogens with one attached hydrogen (secondary N) is 1. The summed E-state index contributed by atoms with van der Waals surface area (Å²) in [7, 11) is 0. The second kappa shape index (κ2) is 6.78. The first-order chi connectivity index (χ1) is 9.87. The molecule has 1 N–H and O–H groups in total. The lowest BCUT2D eigenvalue weighted by atomic mass is 9.76. The standard InChI is InChI=1S/C18H32N2S/c1-6-12-19-18(16-20-14(2)13-21-16)10-7-8-15(9-11-18)17(3,4)5/h13,15,19H,6-12H2,1-5H3. The second-order valence-electron chi connectivity index (χ2n) is 7.80. The summed E-state index contributed by atoms with van der Waals surface area (Å²) < 4.78 is 0. The molecular weight excluding hydrogens is 276 g/mol. The van der Waals surface area contributed by atoms with E-state index in [1.807, 2.05) is 11.3 Å². The number of thiazole rings is 1. The molecule has 2 rings (SSSR count). The molecule has 1 saturated carbocycles. The molecule has 1 fully saturated rings. The Morgan fingerprint density at radius 1 is 1.33 bits per heavy atom. The average Bonchev–Trinajstić information content (AvgIpc) is 2.73. The van der Waals surface area contributed by atoms with Gasteiger partial charge in [0.05, 0.1) is 5.54 Å². The zero-order valence-electron chi connectivity index (χ0n) is 14.5. The van der Waals surface area contributed by atoms with Crippen LogP contribution in [0.3, 0.4) is 0 Å². The molecule has 1 aliphatic rings. The van der Waals surface area contributed by atoms with Crippen molar-refractivity contribution in [2.24, 2.45) is 11.3 Å². The van der Waals surface area contributed by atoms with Crippen LogP contribution in [0, 0.1) is 18.3 Å². The molecule has 2 atom stereocenters. The lowest BCUT2D eigenvalue weighted by Crippen LogP contribution is -2.42. The minimum Gasteiger partial charge on any atom is -0.305 e. The Hall–Kier alpha value is -0.410. The largest absolute Gasteiger partial charge is 0.305 e. The van der Waals surface area contributed by atoms with E-state index in [1.54, 1.807) is 0 Å². The number of hydrogen-bond donors (Lipinski definition) is 1. The molecule has 0 aliphatic heterocycles. The first-order valence-electron chi connectivity index (χ1n) is 8.55. The molecule has 1 aliphatic carbocycles. The van der Waals surface area contributed by atoms with E-state index >= 15 is 0 Å². The molecule has 2 unspecified atom stereocenters. The average molecular weight is 309 g/mol. The fourth-order valence-electron chi connectivity index (χ4n) is 3.61. The summed E-state index contributed by atoms with van der Waals surface area (Å²) in [6.07, 6.45) is 7.67. The van der Waals surface area contributed by atoms with Crippen LogP contribution in [-0.2, 0) is 5.54 Å². The van der Waals surface area contributed by atoms with Crippen molar-refractivity contribution in [2.75, 3.05) is 6.54 Å². The van der Waals surface area contributed by atoms with Crippen molar-refractivity contribution in [1.82, 2.24) is 10.3 Å². The highest BCUT2D eigenvalue weighted by molar-refractivity contribution is 7.09. The SMILES string of the molecule is CCCNC1(c2nc(C)cs2)CCCC(C(C)(C)C)CC1. The smallest absolute Gasteiger partial charge is 0.113 e. The van der Waals surface area contributed by atoms with Crippen LogP contribution in [0.1, 0.15) is 76.9 Å². The van der Waals surface area contributed by atoms with Crippen LogP contribution in [0.5, 0.6) is 0 Å². The maximum Gasteiger partial charge on any atom is 0.113 e. The highest BCUT2D eigenvalue weighted by Gasteiger charge is 2.38. The molecule has 0 bridgehead atoms. The predicted molar refractivity (Wildman–Crippen MR) is 92.9 cm³/mol. The lowest BCUT2D eigenvalue weighted by molar-refractivity contribution is 0.205. The Balaban J connectivity index is 2.21. The maximum absolute atomic E-state index is 4.84. The van der Waals surface area contributed by atoms with Crippen LogP contribution in [-0.4, -0.2) is 11.5 Å². The van der Waals surface area contributed by atoms with Gasteiger partial charge in [0.25, 0.3) is 0 Å². The van der Waals surface area contributed by atoms with Gasteiger partial charge in [0.1, 0.15) is 5.01 Å². The van der Waals surface area contributed by atoms with Crippen molar-refractivity contribution in [3.05, 3.63) is 16.1 Å². The molecule has 0 amide bonds. The zero-order chi connectivity index (χ0) is 15.5. The third kappa shape index (κ3) is 4.07. The third-order valence-electron chi connectivity index (χ3n) is 5.04. The van der Waals surface area contributed by atoms with Crippen LogP contribution in [0.15, 0.2) is 5.38 Å². The fourth-order valence-corrected chi connectivity index (χ4v) is 4.64. The Morgan fingerprint density at radius 3 is 2.67 bits per heavy atom. The summed E-state index contributed by atoms with van der Waals surface area (Å²) in [5.74, 6) is 0.837. The molecule has 0 aromatic carbocycles. The Labute approximate surface area is 134 Å². The predicted octanol–water partition coefficient (Wildman–Crippen LogP) is 5.27. The summed E-state index contributed by atoms with van der Waals surface area (Å²) in [5.41, 5.74) is 1.73. The van der Waals surface area contributed by atoms with Gasteiger partial charge in [-0.3, -0.25) is 0 Å². The quantitative estimate of drug-likeness (QED) is 0.766. The first kappa shape index (κ1) is 17.0. The number of hydrogen-bond acceptors (Lipinski definition) is 3. The molecule has 2 nitrogen and oxygen atoms in total. The molecule has 120 valence electrons. The van der Waals surface area contributed by atoms with Gasteiger partial charge in [-0.1, -0.05) is 34.1 Å². The van der Waals surface area contributed by atoms with Crippen LogP contribution in [0.25, 0.3) is 0 Å². The number of rotatable bonds is 4. The second-order valence-corrected chi connectivity index (χ2v) is 8.65. The molecule has 0 radical (unpaired) electrons. The molecule has 1 aromatic heterocycles. The lowest BCUT2D eigenvalue weighted by Gasteiger charge is -2.33. The summed E-state index contributed by atoms with van der Waals surface area (Å²) in [5, 5.41) is 7.40. The molecule has 0 spiro atoms. The van der Waals surface area contributed by atoms with E-state index in [9.17, 15) is 0 Å². The van der Waals surface area contributed by atoms with Gasteiger partial charge in [0.2, 0.25) is 0 Å². The van der Waals surface area contributed by atoms with Crippen LogP contribution >= 0.6 is 11.3 Å². The van der Waals surface area contributed by atoms with E-state index < -0.39 is 0 Å². The van der Waals surface area contributed by atoms with Gasteiger partial charge < -0.3 is 5.32 Å². The van der Waals surface area contributed by atoms with Crippen molar-refractivity contribution in [2.45, 2.75) is 78.7 Å². The minimum absolute atomic E-state index is 0.134. The van der Waals surface area contributed by atoms with Gasteiger partial charge in [-0.05, 0) is 56.9 Å². The monoisotopic (exact) mass is 308 g/mol. The first-order valence-corrected chi connectivity index (χ1v) is 9.43. The van der Waals surface area contributed by atoms with Gasteiger partial charge in [0.15, 0.2) is 0 Å².